The molecule has 23 heavy (non-hydrogen) atoms. The van der Waals surface area contributed by atoms with Gasteiger partial charge in [-0.25, -0.2) is 9.37 Å². The first-order valence-electron chi connectivity index (χ1n) is 6.86. The summed E-state index contributed by atoms with van der Waals surface area (Å²) in [7, 11) is 0. The molecule has 0 unspecified atom stereocenters. The molecule has 0 spiro atoms. The van der Waals surface area contributed by atoms with E-state index in [9.17, 15) is 9.18 Å². The van der Waals surface area contributed by atoms with E-state index in [4.69, 9.17) is 0 Å². The molecule has 0 atom stereocenters. The maximum absolute atomic E-state index is 12.9. The number of carbonyl (C=O) groups excluding carboxylic acids is 1. The Balaban J connectivity index is 1.66. The number of nitrogens with zero attached hydrogens (tertiary/aromatic N) is 1. The fourth-order valence-corrected chi connectivity index (χ4v) is 3.02. The van der Waals surface area contributed by atoms with Crippen molar-refractivity contribution in [3.05, 3.63) is 81.0 Å². The van der Waals surface area contributed by atoms with Crippen LogP contribution in [-0.2, 0) is 6.54 Å². The minimum absolute atomic E-state index is 0.0511. The van der Waals surface area contributed by atoms with Crippen LogP contribution in [0.4, 0.5) is 9.52 Å². The van der Waals surface area contributed by atoms with Crippen LogP contribution in [0.25, 0.3) is 0 Å². The average Bonchev–Trinajstić information content (AvgIpc) is 3.03. The highest BCUT2D eigenvalue weighted by atomic mass is 79.9. The molecule has 3 nitrogen and oxygen atoms in total. The zero-order valence-corrected chi connectivity index (χ0v) is 14.3. The van der Waals surface area contributed by atoms with Gasteiger partial charge in [0, 0.05) is 16.6 Å². The molecule has 1 N–H and O–H groups in total. The fourth-order valence-electron chi connectivity index (χ4n) is 1.98. The Morgan fingerprint density at radius 3 is 2.52 bits per heavy atom. The highest BCUT2D eigenvalue weighted by Crippen LogP contribution is 2.22. The molecule has 2 aromatic carbocycles. The van der Waals surface area contributed by atoms with Gasteiger partial charge in [-0.05, 0) is 42.0 Å². The zero-order valence-electron chi connectivity index (χ0n) is 11.9. The third-order valence-electron chi connectivity index (χ3n) is 3.19. The second kappa shape index (κ2) is 7.02. The van der Waals surface area contributed by atoms with Crippen LogP contribution >= 0.6 is 27.3 Å². The molecule has 0 aliphatic rings. The topological polar surface area (TPSA) is 42.0 Å². The van der Waals surface area contributed by atoms with Crippen LogP contribution in [-0.4, -0.2) is 10.8 Å². The van der Waals surface area contributed by atoms with E-state index in [1.807, 2.05) is 12.1 Å². The van der Waals surface area contributed by atoms with E-state index in [0.717, 1.165) is 10.0 Å². The summed E-state index contributed by atoms with van der Waals surface area (Å²) in [5.41, 5.74) is 1.57. The lowest BCUT2D eigenvalue weighted by Gasteiger charge is -2.02. The molecule has 6 heteroatoms. The van der Waals surface area contributed by atoms with E-state index in [-0.39, 0.29) is 11.6 Å². The van der Waals surface area contributed by atoms with E-state index >= 15 is 0 Å². The Morgan fingerprint density at radius 2 is 1.83 bits per heavy atom. The van der Waals surface area contributed by atoms with Gasteiger partial charge in [0.15, 0.2) is 5.13 Å². The van der Waals surface area contributed by atoms with E-state index in [0.29, 0.717) is 22.1 Å². The Labute approximate surface area is 145 Å². The number of benzene rings is 2. The molecule has 0 radical (unpaired) electrons. The molecule has 0 saturated carbocycles. The quantitative estimate of drug-likeness (QED) is 0.630. The third-order valence-corrected chi connectivity index (χ3v) is 4.68. The number of ketones is 1. The van der Waals surface area contributed by atoms with Crippen LogP contribution < -0.4 is 5.32 Å². The van der Waals surface area contributed by atoms with E-state index in [1.54, 1.807) is 30.5 Å². The van der Waals surface area contributed by atoms with Crippen LogP contribution in [0.3, 0.4) is 0 Å². The molecular formula is C17H12BrFN2OS. The minimum atomic E-state index is -0.259. The van der Waals surface area contributed by atoms with Crippen molar-refractivity contribution in [1.29, 1.82) is 0 Å². The molecule has 3 rings (SSSR count). The van der Waals surface area contributed by atoms with E-state index < -0.39 is 0 Å². The molecular weight excluding hydrogens is 379 g/mol. The Morgan fingerprint density at radius 1 is 1.13 bits per heavy atom. The van der Waals surface area contributed by atoms with Gasteiger partial charge < -0.3 is 5.32 Å². The predicted octanol–water partition coefficient (Wildman–Crippen LogP) is 4.89. The Kier molecular flexibility index (Phi) is 4.83. The first-order chi connectivity index (χ1) is 11.1. The van der Waals surface area contributed by atoms with Crippen molar-refractivity contribution in [2.24, 2.45) is 0 Å². The van der Waals surface area contributed by atoms with Crippen molar-refractivity contribution in [1.82, 2.24) is 4.98 Å². The van der Waals surface area contributed by atoms with Crippen molar-refractivity contribution in [3.63, 3.8) is 0 Å². The number of nitrogens with one attached hydrogen (secondary N) is 1. The van der Waals surface area contributed by atoms with E-state index in [2.05, 4.69) is 26.2 Å². The summed E-state index contributed by atoms with van der Waals surface area (Å²) in [6, 6.07) is 13.5. The summed E-state index contributed by atoms with van der Waals surface area (Å²) in [6.45, 7) is 0.527. The van der Waals surface area contributed by atoms with Gasteiger partial charge in [0.1, 0.15) is 5.82 Å². The lowest BCUT2D eigenvalue weighted by Crippen LogP contribution is -1.98. The molecule has 0 bridgehead atoms. The third kappa shape index (κ3) is 4.03. The Hall–Kier alpha value is -2.05. The van der Waals surface area contributed by atoms with Gasteiger partial charge >= 0.3 is 0 Å². The van der Waals surface area contributed by atoms with Crippen LogP contribution in [0.15, 0.2) is 59.2 Å². The second-order valence-corrected chi connectivity index (χ2v) is 6.79. The van der Waals surface area contributed by atoms with Crippen molar-refractivity contribution in [3.8, 4) is 0 Å². The number of rotatable bonds is 5. The summed E-state index contributed by atoms with van der Waals surface area (Å²) in [6.07, 6.45) is 1.57. The number of hydrogen-bond acceptors (Lipinski definition) is 4. The molecule has 0 saturated heterocycles. The fraction of sp³-hybridized carbons (Fsp3) is 0.0588. The summed E-state index contributed by atoms with van der Waals surface area (Å²) in [5, 5.41) is 3.80. The summed E-state index contributed by atoms with van der Waals surface area (Å²) in [5.74, 6) is -0.310. The Bertz CT molecular complexity index is 815. The molecule has 0 aliphatic heterocycles. The van der Waals surface area contributed by atoms with Gasteiger partial charge in [0.25, 0.3) is 0 Å². The van der Waals surface area contributed by atoms with Crippen molar-refractivity contribution in [2.75, 3.05) is 5.32 Å². The smallest absolute Gasteiger partial charge is 0.204 e. The minimum Gasteiger partial charge on any atom is -0.357 e. The summed E-state index contributed by atoms with van der Waals surface area (Å²) >= 11 is 4.65. The number of halogens is 2. The van der Waals surface area contributed by atoms with Crippen molar-refractivity contribution < 1.29 is 9.18 Å². The van der Waals surface area contributed by atoms with Crippen molar-refractivity contribution >= 4 is 38.2 Å². The van der Waals surface area contributed by atoms with Gasteiger partial charge in [-0.2, -0.15) is 0 Å². The van der Waals surface area contributed by atoms with Crippen LogP contribution in [0.1, 0.15) is 20.8 Å². The predicted molar refractivity (Wildman–Crippen MR) is 93.4 cm³/mol. The lowest BCUT2D eigenvalue weighted by atomic mass is 10.1. The van der Waals surface area contributed by atoms with Gasteiger partial charge in [-0.15, -0.1) is 0 Å². The molecule has 0 fully saturated rings. The van der Waals surface area contributed by atoms with Gasteiger partial charge in [-0.1, -0.05) is 39.4 Å². The summed E-state index contributed by atoms with van der Waals surface area (Å²) in [4.78, 5) is 17.2. The number of aromatic nitrogens is 1. The molecule has 0 aliphatic carbocycles. The molecule has 1 heterocycles. The SMILES string of the molecule is O=C(c1ccc(Br)cc1)c1cnc(NCc2ccc(F)cc2)s1. The lowest BCUT2D eigenvalue weighted by molar-refractivity contribution is 0.104. The highest BCUT2D eigenvalue weighted by molar-refractivity contribution is 9.10. The number of thiazole rings is 1. The number of anilines is 1. The first-order valence-corrected chi connectivity index (χ1v) is 8.47. The summed E-state index contributed by atoms with van der Waals surface area (Å²) < 4.78 is 13.8. The number of carbonyl (C=O) groups is 1. The maximum Gasteiger partial charge on any atom is 0.204 e. The zero-order chi connectivity index (χ0) is 16.2. The van der Waals surface area contributed by atoms with Crippen LogP contribution in [0.2, 0.25) is 0 Å². The van der Waals surface area contributed by atoms with Crippen molar-refractivity contribution in [2.45, 2.75) is 6.54 Å². The monoisotopic (exact) mass is 390 g/mol. The highest BCUT2D eigenvalue weighted by Gasteiger charge is 2.12. The largest absolute Gasteiger partial charge is 0.357 e. The molecule has 116 valence electrons. The van der Waals surface area contributed by atoms with Gasteiger partial charge in [0.05, 0.1) is 11.1 Å². The van der Waals surface area contributed by atoms with Gasteiger partial charge in [-0.3, -0.25) is 4.79 Å². The molecule has 1 aromatic heterocycles. The average molecular weight is 391 g/mol. The molecule has 0 amide bonds. The van der Waals surface area contributed by atoms with Gasteiger partial charge in [0.2, 0.25) is 5.78 Å². The van der Waals surface area contributed by atoms with Crippen LogP contribution in [0, 0.1) is 5.82 Å². The normalized spacial score (nSPS) is 10.5. The first kappa shape index (κ1) is 15.8. The van der Waals surface area contributed by atoms with Crippen LogP contribution in [0.5, 0.6) is 0 Å². The molecule has 3 aromatic rings. The maximum atomic E-state index is 12.9. The van der Waals surface area contributed by atoms with E-state index in [1.165, 1.54) is 23.5 Å². The number of hydrogen-bond donors (Lipinski definition) is 1. The standard InChI is InChI=1S/C17H12BrFN2OS/c18-13-5-3-12(4-6-13)16(22)15-10-21-17(23-15)20-9-11-1-7-14(19)8-2-11/h1-8,10H,9H2,(H,20,21). The second-order valence-electron chi connectivity index (χ2n) is 4.85.